The molecule has 1 heterocycles. The van der Waals surface area contributed by atoms with Crippen molar-refractivity contribution < 1.29 is 38.0 Å². The second-order valence-electron chi connectivity index (χ2n) is 9.60. The van der Waals surface area contributed by atoms with Gasteiger partial charge in [0.2, 0.25) is 0 Å². The lowest BCUT2D eigenvalue weighted by Crippen LogP contribution is -2.45. The average molecular weight is 750 g/mol. The van der Waals surface area contributed by atoms with Gasteiger partial charge in [0.25, 0.3) is 0 Å². The van der Waals surface area contributed by atoms with Crippen LogP contribution >= 0.6 is 31.9 Å². The summed E-state index contributed by atoms with van der Waals surface area (Å²) in [6.45, 7) is 3.53. The van der Waals surface area contributed by atoms with Gasteiger partial charge < -0.3 is 34.7 Å². The van der Waals surface area contributed by atoms with Crippen molar-refractivity contribution in [2.75, 3.05) is 20.3 Å². The van der Waals surface area contributed by atoms with Crippen LogP contribution in [0.15, 0.2) is 79.9 Å². The van der Waals surface area contributed by atoms with Gasteiger partial charge >= 0.3 is 12.0 Å². The Morgan fingerprint density at radius 1 is 1.13 bits per heavy atom. The van der Waals surface area contributed by atoms with Crippen LogP contribution in [0.4, 0.5) is 9.18 Å². The van der Waals surface area contributed by atoms with Crippen molar-refractivity contribution in [2.24, 2.45) is 5.10 Å². The number of carbonyl (C=O) groups is 2. The number of halogens is 3. The largest absolute Gasteiger partial charge is 0.490 e. The number of benzene rings is 3. The molecule has 0 saturated carbocycles. The minimum absolute atomic E-state index is 0.00248. The molecule has 0 fully saturated rings. The molecule has 0 aromatic heterocycles. The summed E-state index contributed by atoms with van der Waals surface area (Å²) in [6, 6.07) is 13.6. The Labute approximate surface area is 276 Å². The first-order chi connectivity index (χ1) is 21.6. The summed E-state index contributed by atoms with van der Waals surface area (Å²) in [5.41, 5.74) is 4.76. The zero-order valence-corrected chi connectivity index (χ0v) is 27.7. The van der Waals surface area contributed by atoms with E-state index in [1.54, 1.807) is 62.4 Å². The number of ether oxygens (including phenoxy) is 4. The number of rotatable bonds is 13. The molecule has 11 nitrogen and oxygen atoms in total. The van der Waals surface area contributed by atoms with E-state index in [9.17, 15) is 19.1 Å². The molecule has 0 aliphatic carbocycles. The van der Waals surface area contributed by atoms with Crippen LogP contribution in [0.5, 0.6) is 17.2 Å². The molecule has 0 unspecified atom stereocenters. The molecule has 238 valence electrons. The quantitative estimate of drug-likeness (QED) is 0.0784. The Morgan fingerprint density at radius 3 is 2.64 bits per heavy atom. The first kappa shape index (κ1) is 33.7. The fourth-order valence-corrected chi connectivity index (χ4v) is 5.78. The molecule has 4 N–H and O–H groups in total. The van der Waals surface area contributed by atoms with E-state index in [0.29, 0.717) is 50.7 Å². The van der Waals surface area contributed by atoms with Crippen LogP contribution in [-0.2, 0) is 16.1 Å². The Balaban J connectivity index is 1.43. The van der Waals surface area contributed by atoms with Gasteiger partial charge in [-0.2, -0.15) is 5.10 Å². The Morgan fingerprint density at radius 2 is 1.91 bits per heavy atom. The molecule has 1 aliphatic rings. The number of aliphatic hydroxyl groups is 1. The third-order valence-electron chi connectivity index (χ3n) is 6.47. The Kier molecular flexibility index (Phi) is 11.8. The van der Waals surface area contributed by atoms with Crippen molar-refractivity contribution >= 4 is 50.1 Å². The summed E-state index contributed by atoms with van der Waals surface area (Å²) < 4.78 is 37.8. The van der Waals surface area contributed by atoms with Crippen LogP contribution in [0.25, 0.3) is 0 Å². The number of hydrazone groups is 1. The van der Waals surface area contributed by atoms with Crippen LogP contribution in [0.1, 0.15) is 36.6 Å². The van der Waals surface area contributed by atoms with Gasteiger partial charge in [-0.05, 0) is 65.7 Å². The monoisotopic (exact) mass is 748 g/mol. The number of nitrogens with one attached hydrogen (secondary N) is 3. The molecular formula is C31H31Br2FN4O7. The predicted molar refractivity (Wildman–Crippen MR) is 172 cm³/mol. The molecule has 0 saturated heterocycles. The van der Waals surface area contributed by atoms with Crippen LogP contribution in [-0.4, -0.2) is 49.9 Å². The fourth-order valence-electron chi connectivity index (χ4n) is 4.41. The smallest absolute Gasteiger partial charge is 0.337 e. The van der Waals surface area contributed by atoms with Crippen molar-refractivity contribution in [3.8, 4) is 17.2 Å². The van der Waals surface area contributed by atoms with E-state index >= 15 is 0 Å². The topological polar surface area (TPSA) is 140 Å². The van der Waals surface area contributed by atoms with Gasteiger partial charge in [0.1, 0.15) is 24.8 Å². The van der Waals surface area contributed by atoms with E-state index in [-0.39, 0.29) is 24.6 Å². The number of esters is 1. The number of nitrogens with zero attached hydrogens (tertiary/aromatic N) is 1. The van der Waals surface area contributed by atoms with Crippen LogP contribution in [0, 0.1) is 5.82 Å². The summed E-state index contributed by atoms with van der Waals surface area (Å²) in [6.07, 6.45) is 0.242. The molecule has 1 aliphatic heterocycles. The standard InChI is InChI=1S/C31H31Br2FN4O7/c1-4-43-25-12-18(28-27(30(40)42-3)17(2)36-31(41)37-28)9-10-24(25)44-16-26(39)38-35-14-20-11-21(32)13-22(33)29(20)45-15-19-7-5-6-8-23(19)34/h5-14,26,28,38-39H,4,15-16H2,1-3H3,(H2,36,37,41)/b35-14+/t26-,28+/m0/s1. The van der Waals surface area contributed by atoms with Crippen molar-refractivity contribution in [3.05, 3.63) is 97.3 Å². The zero-order chi connectivity index (χ0) is 32.5. The molecule has 3 aromatic rings. The molecule has 3 aromatic carbocycles. The van der Waals surface area contributed by atoms with Gasteiger partial charge in [0, 0.05) is 21.3 Å². The highest BCUT2D eigenvalue weighted by Gasteiger charge is 2.32. The molecule has 45 heavy (non-hydrogen) atoms. The van der Waals surface area contributed by atoms with E-state index in [1.807, 2.05) is 0 Å². The maximum atomic E-state index is 14.1. The molecular weight excluding hydrogens is 719 g/mol. The molecule has 0 bridgehead atoms. The van der Waals surface area contributed by atoms with Crippen molar-refractivity contribution in [3.63, 3.8) is 0 Å². The lowest BCUT2D eigenvalue weighted by Gasteiger charge is -2.28. The first-order valence-electron chi connectivity index (χ1n) is 13.7. The first-order valence-corrected chi connectivity index (χ1v) is 15.3. The predicted octanol–water partition coefficient (Wildman–Crippen LogP) is 5.45. The number of hydrogen-bond donors (Lipinski definition) is 4. The van der Waals surface area contributed by atoms with Crippen LogP contribution in [0.3, 0.4) is 0 Å². The highest BCUT2D eigenvalue weighted by Crippen LogP contribution is 2.35. The Bertz CT molecular complexity index is 1620. The summed E-state index contributed by atoms with van der Waals surface area (Å²) >= 11 is 6.91. The SMILES string of the molecule is CCOc1cc([C@H]2NC(=O)NC(C)=C2C(=O)OC)ccc1OC[C@H](O)N/N=C/c1cc(Br)cc(Br)c1OCc1ccccc1F. The maximum absolute atomic E-state index is 14.1. The number of methoxy groups -OCH3 is 1. The number of carbonyl (C=O) groups excluding carboxylic acids is 2. The molecule has 0 spiro atoms. The summed E-state index contributed by atoms with van der Waals surface area (Å²) in [7, 11) is 1.26. The molecule has 14 heteroatoms. The average Bonchev–Trinajstić information content (AvgIpc) is 3.00. The van der Waals surface area contributed by atoms with E-state index < -0.39 is 24.3 Å². The van der Waals surface area contributed by atoms with Crippen LogP contribution < -0.4 is 30.3 Å². The van der Waals surface area contributed by atoms with Gasteiger partial charge in [-0.3, -0.25) is 5.43 Å². The summed E-state index contributed by atoms with van der Waals surface area (Å²) in [5.74, 6) is 0.145. The fraction of sp³-hybridized carbons (Fsp3) is 0.258. The van der Waals surface area contributed by atoms with Gasteiger partial charge in [0.15, 0.2) is 17.7 Å². The van der Waals surface area contributed by atoms with E-state index in [2.05, 4.69) is 53.0 Å². The van der Waals surface area contributed by atoms with Gasteiger partial charge in [-0.25, -0.2) is 14.0 Å². The number of hydrogen-bond acceptors (Lipinski definition) is 9. The van der Waals surface area contributed by atoms with E-state index in [4.69, 9.17) is 18.9 Å². The third-order valence-corrected chi connectivity index (χ3v) is 7.51. The number of urea groups is 1. The van der Waals surface area contributed by atoms with Crippen molar-refractivity contribution in [1.82, 2.24) is 16.1 Å². The second kappa shape index (κ2) is 15.7. The lowest BCUT2D eigenvalue weighted by molar-refractivity contribution is -0.136. The van der Waals surface area contributed by atoms with Gasteiger partial charge in [-0.15, -0.1) is 0 Å². The van der Waals surface area contributed by atoms with Gasteiger partial charge in [-0.1, -0.05) is 40.2 Å². The highest BCUT2D eigenvalue weighted by molar-refractivity contribution is 9.11. The van der Waals surface area contributed by atoms with Crippen molar-refractivity contribution in [1.29, 1.82) is 0 Å². The van der Waals surface area contributed by atoms with Gasteiger partial charge in [0.05, 0.1) is 36.0 Å². The van der Waals surface area contributed by atoms with Crippen LogP contribution in [0.2, 0.25) is 0 Å². The summed E-state index contributed by atoms with van der Waals surface area (Å²) in [5, 5.41) is 20.0. The van der Waals surface area contributed by atoms with Crippen molar-refractivity contribution in [2.45, 2.75) is 32.7 Å². The second-order valence-corrected chi connectivity index (χ2v) is 11.4. The minimum Gasteiger partial charge on any atom is -0.490 e. The highest BCUT2D eigenvalue weighted by atomic mass is 79.9. The lowest BCUT2D eigenvalue weighted by atomic mass is 9.95. The zero-order valence-electron chi connectivity index (χ0n) is 24.5. The summed E-state index contributed by atoms with van der Waals surface area (Å²) in [4.78, 5) is 24.6. The molecule has 2 atom stereocenters. The maximum Gasteiger partial charge on any atom is 0.337 e. The molecule has 0 radical (unpaired) electrons. The molecule has 4 rings (SSSR count). The van der Waals surface area contributed by atoms with E-state index in [1.165, 1.54) is 19.4 Å². The molecule has 2 amide bonds. The van der Waals surface area contributed by atoms with E-state index in [0.717, 1.165) is 4.47 Å². The normalized spacial score (nSPS) is 15.3. The number of aliphatic hydroxyl groups excluding tert-OH is 1. The minimum atomic E-state index is -1.21. The number of allylic oxidation sites excluding steroid dienone is 1. The number of amides is 2. The Hall–Kier alpha value is -4.14. The third kappa shape index (κ3) is 8.74.